The van der Waals surface area contributed by atoms with Gasteiger partial charge in [0.25, 0.3) is 11.5 Å². The highest BCUT2D eigenvalue weighted by molar-refractivity contribution is 5.97. The summed E-state index contributed by atoms with van der Waals surface area (Å²) < 4.78 is 18.3. The lowest BCUT2D eigenvalue weighted by molar-refractivity contribution is 0.0771. The van der Waals surface area contributed by atoms with Gasteiger partial charge in [-0.15, -0.1) is 24.8 Å². The molecule has 0 spiro atoms. The number of amides is 1. The molecule has 0 bridgehead atoms. The Kier molecular flexibility index (Phi) is 13.6. The average molecular weight is 618 g/mol. The van der Waals surface area contributed by atoms with Gasteiger partial charge in [0.05, 0.1) is 31.9 Å². The number of hydrogen-bond donors (Lipinski definition) is 0. The Hall–Kier alpha value is -3.79. The molecule has 0 N–H and O–H groups in total. The maximum atomic E-state index is 13.2. The van der Waals surface area contributed by atoms with Gasteiger partial charge in [0.15, 0.2) is 0 Å². The van der Waals surface area contributed by atoms with Crippen molar-refractivity contribution in [2.45, 2.75) is 13.0 Å². The molecular formula is C31H38Cl2N4O5. The molecule has 0 unspecified atom stereocenters. The predicted molar refractivity (Wildman–Crippen MR) is 170 cm³/mol. The number of pyridine rings is 2. The number of methoxy groups -OCH3 is 2. The minimum absolute atomic E-state index is 0. The van der Waals surface area contributed by atoms with Crippen LogP contribution in [-0.4, -0.2) is 72.8 Å². The number of ether oxygens (including phenoxy) is 3. The fourth-order valence-electron chi connectivity index (χ4n) is 4.52. The molecule has 0 saturated carbocycles. The smallest absolute Gasteiger partial charge is 0.257 e. The van der Waals surface area contributed by atoms with Crippen LogP contribution in [0.2, 0.25) is 0 Å². The van der Waals surface area contributed by atoms with Crippen molar-refractivity contribution in [3.05, 3.63) is 94.5 Å². The summed E-state index contributed by atoms with van der Waals surface area (Å²) in [7, 11) is 6.69. The van der Waals surface area contributed by atoms with Crippen molar-refractivity contribution in [3.8, 4) is 17.2 Å². The summed E-state index contributed by atoms with van der Waals surface area (Å²) in [5.74, 6) is 1.78. The van der Waals surface area contributed by atoms with Gasteiger partial charge in [-0.05, 0) is 60.5 Å². The highest BCUT2D eigenvalue weighted by Gasteiger charge is 2.18. The van der Waals surface area contributed by atoms with E-state index < -0.39 is 0 Å². The zero-order valence-electron chi connectivity index (χ0n) is 24.3. The third-order valence-electron chi connectivity index (χ3n) is 6.88. The number of carbonyl (C=O) groups excluding carboxylic acids is 1. The van der Waals surface area contributed by atoms with Crippen molar-refractivity contribution in [2.24, 2.45) is 7.05 Å². The Balaban J connectivity index is 0.00000308. The van der Waals surface area contributed by atoms with E-state index in [1.165, 1.54) is 0 Å². The summed E-state index contributed by atoms with van der Waals surface area (Å²) in [5, 5.41) is 0.958. The second-order valence-electron chi connectivity index (χ2n) is 9.58. The minimum Gasteiger partial charge on any atom is -0.497 e. The quantitative estimate of drug-likeness (QED) is 0.199. The molecule has 0 aliphatic carbocycles. The summed E-state index contributed by atoms with van der Waals surface area (Å²) in [4.78, 5) is 33.2. The van der Waals surface area contributed by atoms with Crippen LogP contribution in [0.3, 0.4) is 0 Å². The maximum Gasteiger partial charge on any atom is 0.257 e. The van der Waals surface area contributed by atoms with Crippen LogP contribution in [0, 0.1) is 0 Å². The number of hydrogen-bond acceptors (Lipinski definition) is 7. The van der Waals surface area contributed by atoms with Crippen LogP contribution < -0.4 is 19.8 Å². The van der Waals surface area contributed by atoms with Gasteiger partial charge in [0, 0.05) is 70.2 Å². The zero-order valence-corrected chi connectivity index (χ0v) is 26.0. The molecule has 9 nitrogen and oxygen atoms in total. The molecule has 226 valence electrons. The molecule has 0 aliphatic heterocycles. The molecular weight excluding hydrogens is 579 g/mol. The Morgan fingerprint density at radius 3 is 2.33 bits per heavy atom. The molecule has 2 aromatic carbocycles. The highest BCUT2D eigenvalue weighted by atomic mass is 35.5. The first-order valence-electron chi connectivity index (χ1n) is 13.2. The lowest BCUT2D eigenvalue weighted by atomic mass is 10.1. The van der Waals surface area contributed by atoms with Crippen molar-refractivity contribution in [3.63, 3.8) is 0 Å². The third-order valence-corrected chi connectivity index (χ3v) is 6.88. The SMILES string of the molecule is COc1ccc(C(=O)N(C)CCN(CCCOc2ccc3c(ccc(=O)n3C)c2)Cc2ccncc2)c(OC)c1.Cl.Cl. The molecule has 0 aliphatic rings. The molecule has 0 radical (unpaired) electrons. The van der Waals surface area contributed by atoms with Crippen molar-refractivity contribution < 1.29 is 19.0 Å². The van der Waals surface area contributed by atoms with Gasteiger partial charge in [-0.2, -0.15) is 0 Å². The zero-order chi connectivity index (χ0) is 28.5. The standard InChI is InChI=1S/C31H36N4O5.2ClH/c1-33(31(37)27-9-7-25(38-3)21-29(27)39-4)17-18-35(22-23-12-14-32-15-13-23)16-5-19-40-26-8-10-28-24(20-26)6-11-30(36)34(28)2;;/h6-15,20-21H,5,16-19,22H2,1-4H3;2*1H. The van der Waals surface area contributed by atoms with Crippen LogP contribution in [0.5, 0.6) is 17.2 Å². The number of aromatic nitrogens is 2. The topological polar surface area (TPSA) is 86.1 Å². The number of carbonyl (C=O) groups is 1. The molecule has 0 atom stereocenters. The molecule has 42 heavy (non-hydrogen) atoms. The lowest BCUT2D eigenvalue weighted by Gasteiger charge is -2.26. The minimum atomic E-state index is -0.111. The first-order chi connectivity index (χ1) is 19.4. The van der Waals surface area contributed by atoms with E-state index in [-0.39, 0.29) is 36.3 Å². The Labute approximate surface area is 258 Å². The molecule has 4 aromatic rings. The van der Waals surface area contributed by atoms with E-state index in [4.69, 9.17) is 14.2 Å². The van der Waals surface area contributed by atoms with Crippen LogP contribution in [-0.2, 0) is 13.6 Å². The van der Waals surface area contributed by atoms with Crippen LogP contribution in [0.4, 0.5) is 0 Å². The van der Waals surface area contributed by atoms with Gasteiger partial charge in [-0.25, -0.2) is 0 Å². The third kappa shape index (κ3) is 8.85. The molecule has 11 heteroatoms. The Morgan fingerprint density at radius 2 is 1.62 bits per heavy atom. The number of halogens is 2. The number of fused-ring (bicyclic) bond motifs is 1. The van der Waals surface area contributed by atoms with Crippen LogP contribution >= 0.6 is 24.8 Å². The number of nitrogens with zero attached hydrogens (tertiary/aromatic N) is 4. The summed E-state index contributed by atoms with van der Waals surface area (Å²) in [6, 6.07) is 18.4. The monoisotopic (exact) mass is 616 g/mol. The van der Waals surface area contributed by atoms with E-state index in [0.29, 0.717) is 36.8 Å². The number of rotatable bonds is 13. The average Bonchev–Trinajstić information content (AvgIpc) is 2.99. The molecule has 0 saturated heterocycles. The van der Waals surface area contributed by atoms with Crippen LogP contribution in [0.25, 0.3) is 10.9 Å². The van der Waals surface area contributed by atoms with Crippen molar-refractivity contribution >= 4 is 41.6 Å². The number of aryl methyl sites for hydroxylation is 1. The van der Waals surface area contributed by atoms with E-state index in [9.17, 15) is 9.59 Å². The van der Waals surface area contributed by atoms with E-state index >= 15 is 0 Å². The molecule has 0 fully saturated rings. The fourth-order valence-corrected chi connectivity index (χ4v) is 4.52. The maximum absolute atomic E-state index is 13.2. The largest absolute Gasteiger partial charge is 0.497 e. The van der Waals surface area contributed by atoms with Crippen LogP contribution in [0.15, 0.2) is 77.9 Å². The summed E-state index contributed by atoms with van der Waals surface area (Å²) in [6.07, 6.45) is 4.38. The Morgan fingerprint density at radius 1 is 0.881 bits per heavy atom. The van der Waals surface area contributed by atoms with E-state index in [2.05, 4.69) is 9.88 Å². The second kappa shape index (κ2) is 16.6. The Bertz CT molecular complexity index is 1500. The first-order valence-corrected chi connectivity index (χ1v) is 13.2. The first kappa shape index (κ1) is 34.4. The molecule has 1 amide bonds. The summed E-state index contributed by atoms with van der Waals surface area (Å²) in [6.45, 7) is 3.30. The summed E-state index contributed by atoms with van der Waals surface area (Å²) in [5.41, 5.74) is 2.48. The normalized spacial score (nSPS) is 10.5. The van der Waals surface area contributed by atoms with Crippen molar-refractivity contribution in [2.75, 3.05) is 47.5 Å². The number of benzene rings is 2. The van der Waals surface area contributed by atoms with Gasteiger partial charge in [-0.1, -0.05) is 0 Å². The van der Waals surface area contributed by atoms with Crippen LogP contribution in [0.1, 0.15) is 22.3 Å². The van der Waals surface area contributed by atoms with Crippen molar-refractivity contribution in [1.82, 2.24) is 19.4 Å². The van der Waals surface area contributed by atoms with Gasteiger partial charge >= 0.3 is 0 Å². The van der Waals surface area contributed by atoms with E-state index in [0.717, 1.165) is 41.7 Å². The molecule has 2 aromatic heterocycles. The molecule has 4 rings (SSSR count). The summed E-state index contributed by atoms with van der Waals surface area (Å²) >= 11 is 0. The van der Waals surface area contributed by atoms with Gasteiger partial charge in [-0.3, -0.25) is 19.5 Å². The predicted octanol–water partition coefficient (Wildman–Crippen LogP) is 4.84. The fraction of sp³-hybridized carbons (Fsp3) is 0.323. The number of likely N-dealkylation sites (N-methyl/N-ethyl adjacent to an activating group) is 1. The van der Waals surface area contributed by atoms with Gasteiger partial charge in [0.1, 0.15) is 17.2 Å². The van der Waals surface area contributed by atoms with Crippen molar-refractivity contribution in [1.29, 1.82) is 0 Å². The molecule has 2 heterocycles. The lowest BCUT2D eigenvalue weighted by Crippen LogP contribution is -2.37. The van der Waals surface area contributed by atoms with E-state index in [1.807, 2.05) is 36.4 Å². The van der Waals surface area contributed by atoms with E-state index in [1.54, 1.807) is 74.4 Å². The second-order valence-corrected chi connectivity index (χ2v) is 9.58. The highest BCUT2D eigenvalue weighted by Crippen LogP contribution is 2.25. The van der Waals surface area contributed by atoms with Gasteiger partial charge < -0.3 is 23.7 Å². The van der Waals surface area contributed by atoms with Gasteiger partial charge in [0.2, 0.25) is 0 Å².